The van der Waals surface area contributed by atoms with Crippen molar-refractivity contribution in [2.24, 2.45) is 0 Å². The molecule has 0 unspecified atom stereocenters. The highest BCUT2D eigenvalue weighted by Gasteiger charge is 2.28. The van der Waals surface area contributed by atoms with Crippen LogP contribution in [0.4, 0.5) is 5.69 Å². The number of carbonyl (C=O) groups excluding carboxylic acids is 2. The van der Waals surface area contributed by atoms with Crippen molar-refractivity contribution in [3.63, 3.8) is 0 Å². The molecule has 0 aliphatic carbocycles. The fourth-order valence-electron chi connectivity index (χ4n) is 3.52. The number of aryl methyl sites for hydroxylation is 2. The van der Waals surface area contributed by atoms with Crippen molar-refractivity contribution in [2.45, 2.75) is 18.7 Å². The summed E-state index contributed by atoms with van der Waals surface area (Å²) in [6.45, 7) is 3.93. The number of rotatable bonds is 7. The smallest absolute Gasteiger partial charge is 0.361 e. The van der Waals surface area contributed by atoms with Crippen LogP contribution in [-0.4, -0.2) is 72.5 Å². The highest BCUT2D eigenvalue weighted by molar-refractivity contribution is 7.89. The number of benzene rings is 2. The molecule has 2 heterocycles. The average molecular weight is 500 g/mol. The normalized spacial score (nSPS) is 14.5. The molecule has 11 nitrogen and oxygen atoms in total. The van der Waals surface area contributed by atoms with Crippen molar-refractivity contribution in [1.29, 1.82) is 0 Å². The lowest BCUT2D eigenvalue weighted by atomic mass is 10.2. The zero-order valence-corrected chi connectivity index (χ0v) is 20.1. The first kappa shape index (κ1) is 24.5. The molecular formula is C23H25N5O6S. The van der Waals surface area contributed by atoms with Crippen molar-refractivity contribution in [3.05, 3.63) is 65.5 Å². The lowest BCUT2D eigenvalue weighted by Crippen LogP contribution is -2.40. The van der Waals surface area contributed by atoms with Crippen molar-refractivity contribution >= 4 is 27.6 Å². The largest absolute Gasteiger partial charge is 0.451 e. The molecule has 1 aliphatic heterocycles. The Hall–Kier alpha value is -3.61. The first-order chi connectivity index (χ1) is 16.8. The number of sulfonamides is 1. The molecule has 0 saturated carbocycles. The molecule has 0 atom stereocenters. The third-order valence-corrected chi connectivity index (χ3v) is 7.40. The number of esters is 1. The number of aromatic nitrogens is 3. The van der Waals surface area contributed by atoms with E-state index in [1.807, 2.05) is 18.2 Å². The Balaban J connectivity index is 1.40. The summed E-state index contributed by atoms with van der Waals surface area (Å²) in [4.78, 5) is 26.3. The second-order valence-corrected chi connectivity index (χ2v) is 9.79. The first-order valence-electron chi connectivity index (χ1n) is 10.9. The topological polar surface area (TPSA) is 133 Å². The molecule has 12 heteroatoms. The van der Waals surface area contributed by atoms with Crippen LogP contribution in [0.15, 0.2) is 53.4 Å². The van der Waals surface area contributed by atoms with E-state index in [-0.39, 0.29) is 29.4 Å². The lowest BCUT2D eigenvalue weighted by molar-refractivity contribution is -0.119. The number of hydrogen-bond acceptors (Lipinski definition) is 8. The summed E-state index contributed by atoms with van der Waals surface area (Å²) >= 11 is 0. The van der Waals surface area contributed by atoms with Gasteiger partial charge in [-0.1, -0.05) is 24.3 Å². The maximum atomic E-state index is 13.0. The number of hydrogen-bond donors (Lipinski definition) is 1. The summed E-state index contributed by atoms with van der Waals surface area (Å²) in [7, 11) is -3.74. The van der Waals surface area contributed by atoms with Gasteiger partial charge in [-0.3, -0.25) is 4.79 Å². The van der Waals surface area contributed by atoms with E-state index < -0.39 is 28.5 Å². The maximum absolute atomic E-state index is 13.0. The van der Waals surface area contributed by atoms with E-state index in [1.165, 1.54) is 15.2 Å². The van der Waals surface area contributed by atoms with Gasteiger partial charge in [0, 0.05) is 18.8 Å². The van der Waals surface area contributed by atoms with Gasteiger partial charge < -0.3 is 14.8 Å². The summed E-state index contributed by atoms with van der Waals surface area (Å²) in [6, 6.07) is 13.7. The fraction of sp³-hybridized carbons (Fsp3) is 0.304. The Morgan fingerprint density at radius 3 is 2.49 bits per heavy atom. The number of anilines is 1. The van der Waals surface area contributed by atoms with E-state index in [2.05, 4.69) is 15.5 Å². The molecule has 0 bridgehead atoms. The number of amides is 1. The minimum atomic E-state index is -3.74. The van der Waals surface area contributed by atoms with Gasteiger partial charge >= 0.3 is 5.97 Å². The van der Waals surface area contributed by atoms with Gasteiger partial charge in [0.05, 0.1) is 29.5 Å². The standard InChI is InChI=1S/C23H25N5O6S/c1-16-8-9-18(14-20(16)35(31,32)27-10-12-33-13-11-27)24-21(29)15-34-23(30)22-17(2)25-28(26-22)19-6-4-3-5-7-19/h3-9,14H,10-13,15H2,1-2H3,(H,24,29). The Kier molecular flexibility index (Phi) is 7.24. The van der Waals surface area contributed by atoms with E-state index in [9.17, 15) is 18.0 Å². The molecule has 0 radical (unpaired) electrons. The van der Waals surface area contributed by atoms with E-state index in [0.717, 1.165) is 0 Å². The van der Waals surface area contributed by atoms with Crippen LogP contribution in [0.2, 0.25) is 0 Å². The zero-order valence-electron chi connectivity index (χ0n) is 19.3. The van der Waals surface area contributed by atoms with Crippen LogP contribution < -0.4 is 5.32 Å². The van der Waals surface area contributed by atoms with Crippen LogP contribution in [0.1, 0.15) is 21.7 Å². The van der Waals surface area contributed by atoms with Gasteiger partial charge in [0.25, 0.3) is 5.91 Å². The quantitative estimate of drug-likeness (QED) is 0.486. The highest BCUT2D eigenvalue weighted by Crippen LogP contribution is 2.24. The second-order valence-electron chi connectivity index (χ2n) is 7.88. The van der Waals surface area contributed by atoms with Crippen LogP contribution in [0.5, 0.6) is 0 Å². The predicted octanol–water partition coefficient (Wildman–Crippen LogP) is 1.70. The Morgan fingerprint density at radius 1 is 1.06 bits per heavy atom. The minimum Gasteiger partial charge on any atom is -0.451 e. The molecule has 184 valence electrons. The van der Waals surface area contributed by atoms with Crippen LogP contribution in [0, 0.1) is 13.8 Å². The number of nitrogens with zero attached hydrogens (tertiary/aromatic N) is 4. The number of para-hydroxylation sites is 1. The molecule has 0 spiro atoms. The molecule has 1 amide bonds. The SMILES string of the molecule is Cc1ccc(NC(=O)COC(=O)c2nn(-c3ccccc3)nc2C)cc1S(=O)(=O)N1CCOCC1. The number of morpholine rings is 1. The van der Waals surface area contributed by atoms with Crippen LogP contribution in [-0.2, 0) is 24.3 Å². The van der Waals surface area contributed by atoms with Crippen LogP contribution in [0.25, 0.3) is 5.69 Å². The Bertz CT molecular complexity index is 1330. The maximum Gasteiger partial charge on any atom is 0.361 e. The van der Waals surface area contributed by atoms with Gasteiger partial charge in [0.2, 0.25) is 10.0 Å². The molecule has 3 aromatic rings. The molecule has 1 aromatic heterocycles. The summed E-state index contributed by atoms with van der Waals surface area (Å²) < 4.78 is 37.7. The third kappa shape index (κ3) is 5.56. The molecular weight excluding hydrogens is 474 g/mol. The minimum absolute atomic E-state index is 0.00382. The van der Waals surface area contributed by atoms with Crippen molar-refractivity contribution in [2.75, 3.05) is 38.2 Å². The molecule has 2 aromatic carbocycles. The zero-order chi connectivity index (χ0) is 25.0. The monoisotopic (exact) mass is 499 g/mol. The van der Waals surface area contributed by atoms with Crippen molar-refractivity contribution in [3.8, 4) is 5.69 Å². The van der Waals surface area contributed by atoms with E-state index >= 15 is 0 Å². The summed E-state index contributed by atoms with van der Waals surface area (Å²) in [6.07, 6.45) is 0. The van der Waals surface area contributed by atoms with E-state index in [0.29, 0.717) is 30.2 Å². The number of ether oxygens (including phenoxy) is 2. The number of carbonyl (C=O) groups is 2. The van der Waals surface area contributed by atoms with Crippen LogP contribution in [0.3, 0.4) is 0 Å². The molecule has 1 N–H and O–H groups in total. The lowest BCUT2D eigenvalue weighted by Gasteiger charge is -2.26. The Labute approximate surface area is 202 Å². The van der Waals surface area contributed by atoms with Gasteiger partial charge in [-0.2, -0.15) is 14.2 Å². The third-order valence-electron chi connectivity index (χ3n) is 5.36. The molecule has 1 saturated heterocycles. The van der Waals surface area contributed by atoms with Gasteiger partial charge in [-0.25, -0.2) is 13.2 Å². The summed E-state index contributed by atoms with van der Waals surface area (Å²) in [5, 5.41) is 10.9. The van der Waals surface area contributed by atoms with E-state index in [4.69, 9.17) is 9.47 Å². The average Bonchev–Trinajstić information content (AvgIpc) is 3.26. The van der Waals surface area contributed by atoms with Crippen molar-refractivity contribution in [1.82, 2.24) is 19.3 Å². The van der Waals surface area contributed by atoms with Gasteiger partial charge in [0.15, 0.2) is 12.3 Å². The Morgan fingerprint density at radius 2 is 1.77 bits per heavy atom. The summed E-state index contributed by atoms with van der Waals surface area (Å²) in [5.41, 5.74) is 1.86. The first-order valence-corrected chi connectivity index (χ1v) is 12.3. The fourth-order valence-corrected chi connectivity index (χ4v) is 5.18. The van der Waals surface area contributed by atoms with Gasteiger partial charge in [-0.05, 0) is 43.7 Å². The summed E-state index contributed by atoms with van der Waals surface area (Å²) in [5.74, 6) is -1.41. The van der Waals surface area contributed by atoms with Gasteiger partial charge in [0.1, 0.15) is 0 Å². The van der Waals surface area contributed by atoms with E-state index in [1.54, 1.807) is 38.1 Å². The number of nitrogens with one attached hydrogen (secondary N) is 1. The predicted molar refractivity (Wildman–Crippen MR) is 126 cm³/mol. The van der Waals surface area contributed by atoms with Crippen LogP contribution >= 0.6 is 0 Å². The molecule has 1 fully saturated rings. The van der Waals surface area contributed by atoms with Crippen molar-refractivity contribution < 1.29 is 27.5 Å². The molecule has 4 rings (SSSR count). The van der Waals surface area contributed by atoms with Gasteiger partial charge in [-0.15, -0.1) is 5.10 Å². The highest BCUT2D eigenvalue weighted by atomic mass is 32.2. The molecule has 1 aliphatic rings. The molecule has 35 heavy (non-hydrogen) atoms. The second kappa shape index (κ2) is 10.3.